The number of alkyl halides is 3. The fraction of sp³-hybridized carbons (Fsp3) is 0.250. The normalized spacial score (nSPS) is 11.8. The molecule has 0 unspecified atom stereocenters. The standard InChI is InChI=1S/C12H12F3N3S/c1-2-19-10-7-8(12(13,14)15)3-4-9(10)18-11(16)5-6-17-18/h3-7H,2,16H2,1H3. The number of benzene rings is 1. The summed E-state index contributed by atoms with van der Waals surface area (Å²) in [4.78, 5) is 0.507. The Hall–Kier alpha value is -1.63. The highest BCUT2D eigenvalue weighted by Crippen LogP contribution is 2.35. The summed E-state index contributed by atoms with van der Waals surface area (Å²) in [7, 11) is 0. The molecule has 0 saturated carbocycles. The summed E-state index contributed by atoms with van der Waals surface area (Å²) < 4.78 is 39.5. The van der Waals surface area contributed by atoms with E-state index in [9.17, 15) is 13.2 Å². The number of halogens is 3. The molecule has 0 amide bonds. The van der Waals surface area contributed by atoms with Crippen molar-refractivity contribution in [1.29, 1.82) is 0 Å². The van der Waals surface area contributed by atoms with Gasteiger partial charge in [-0.1, -0.05) is 6.92 Å². The maximum atomic E-state index is 12.7. The maximum Gasteiger partial charge on any atom is 0.416 e. The van der Waals surface area contributed by atoms with Crippen LogP contribution in [0.25, 0.3) is 5.69 Å². The second-order valence-corrected chi connectivity index (χ2v) is 5.09. The van der Waals surface area contributed by atoms with Crippen molar-refractivity contribution in [2.24, 2.45) is 0 Å². The van der Waals surface area contributed by atoms with E-state index in [4.69, 9.17) is 5.73 Å². The van der Waals surface area contributed by atoms with E-state index in [1.54, 1.807) is 6.07 Å². The molecule has 1 aromatic heterocycles. The molecule has 0 aliphatic carbocycles. The molecule has 0 atom stereocenters. The number of hydrogen-bond donors (Lipinski definition) is 1. The molecule has 2 N–H and O–H groups in total. The van der Waals surface area contributed by atoms with Gasteiger partial charge in [-0.2, -0.15) is 18.3 Å². The zero-order chi connectivity index (χ0) is 14.0. The van der Waals surface area contributed by atoms with Crippen LogP contribution in [0.5, 0.6) is 0 Å². The van der Waals surface area contributed by atoms with E-state index in [0.717, 1.165) is 12.1 Å². The van der Waals surface area contributed by atoms with E-state index >= 15 is 0 Å². The van der Waals surface area contributed by atoms with Gasteiger partial charge in [0.25, 0.3) is 0 Å². The molecule has 7 heteroatoms. The molecule has 0 spiro atoms. The first-order valence-electron chi connectivity index (χ1n) is 5.57. The van der Waals surface area contributed by atoms with Crippen LogP contribution in [0.15, 0.2) is 35.4 Å². The summed E-state index contributed by atoms with van der Waals surface area (Å²) in [6, 6.07) is 5.16. The fourth-order valence-corrected chi connectivity index (χ4v) is 2.48. The zero-order valence-corrected chi connectivity index (χ0v) is 10.9. The van der Waals surface area contributed by atoms with Crippen LogP contribution in [0.3, 0.4) is 0 Å². The summed E-state index contributed by atoms with van der Waals surface area (Å²) in [5.74, 6) is 1.05. The Morgan fingerprint density at radius 1 is 1.32 bits per heavy atom. The van der Waals surface area contributed by atoms with Gasteiger partial charge in [0.05, 0.1) is 17.4 Å². The van der Waals surface area contributed by atoms with Crippen LogP contribution in [0.2, 0.25) is 0 Å². The first kappa shape index (κ1) is 13.8. The molecule has 2 rings (SSSR count). The lowest BCUT2D eigenvalue weighted by Crippen LogP contribution is -2.08. The Morgan fingerprint density at radius 2 is 2.05 bits per heavy atom. The summed E-state index contributed by atoms with van der Waals surface area (Å²) in [5.41, 5.74) is 5.62. The van der Waals surface area contributed by atoms with Gasteiger partial charge in [-0.05, 0) is 24.0 Å². The number of nitrogens with two attached hydrogens (primary N) is 1. The van der Waals surface area contributed by atoms with Gasteiger partial charge in [-0.15, -0.1) is 11.8 Å². The predicted molar refractivity (Wildman–Crippen MR) is 69.4 cm³/mol. The molecule has 3 nitrogen and oxygen atoms in total. The third kappa shape index (κ3) is 2.86. The van der Waals surface area contributed by atoms with Gasteiger partial charge in [0, 0.05) is 11.0 Å². The lowest BCUT2D eigenvalue weighted by molar-refractivity contribution is -0.137. The molecular weight excluding hydrogens is 275 g/mol. The van der Waals surface area contributed by atoms with Gasteiger partial charge in [0.2, 0.25) is 0 Å². The second-order valence-electron chi connectivity index (χ2n) is 3.78. The quantitative estimate of drug-likeness (QED) is 0.877. The van der Waals surface area contributed by atoms with Crippen LogP contribution >= 0.6 is 11.8 Å². The molecule has 0 aliphatic rings. The SMILES string of the molecule is CCSc1cc(C(F)(F)F)ccc1-n1nccc1N. The Bertz CT molecular complexity index is 578. The molecule has 0 fully saturated rings. The van der Waals surface area contributed by atoms with E-state index in [1.165, 1.54) is 28.7 Å². The van der Waals surface area contributed by atoms with Crippen molar-refractivity contribution < 1.29 is 13.2 Å². The van der Waals surface area contributed by atoms with Crippen molar-refractivity contribution in [3.05, 3.63) is 36.0 Å². The van der Waals surface area contributed by atoms with Gasteiger partial charge in [0.1, 0.15) is 5.82 Å². The molecule has 2 aromatic rings. The number of hydrogen-bond acceptors (Lipinski definition) is 3. The molecule has 0 radical (unpaired) electrons. The van der Waals surface area contributed by atoms with Crippen LogP contribution in [-0.2, 0) is 6.18 Å². The number of nitrogen functional groups attached to an aromatic ring is 1. The van der Waals surface area contributed by atoms with Crippen molar-refractivity contribution in [3.8, 4) is 5.69 Å². The third-order valence-corrected chi connectivity index (χ3v) is 3.41. The predicted octanol–water partition coefficient (Wildman–Crippen LogP) is 3.59. The van der Waals surface area contributed by atoms with E-state index < -0.39 is 11.7 Å². The van der Waals surface area contributed by atoms with Crippen LogP contribution in [0, 0.1) is 0 Å². The minimum absolute atomic E-state index is 0.387. The molecule has 0 aliphatic heterocycles. The van der Waals surface area contributed by atoms with Gasteiger partial charge >= 0.3 is 6.18 Å². The molecule has 1 aromatic carbocycles. The highest BCUT2D eigenvalue weighted by atomic mass is 32.2. The molecule has 19 heavy (non-hydrogen) atoms. The van der Waals surface area contributed by atoms with Crippen LogP contribution in [0.1, 0.15) is 12.5 Å². The minimum atomic E-state index is -4.35. The Balaban J connectivity index is 2.53. The van der Waals surface area contributed by atoms with Gasteiger partial charge < -0.3 is 5.73 Å². The summed E-state index contributed by atoms with van der Waals surface area (Å²) in [6.07, 6.45) is -2.84. The minimum Gasteiger partial charge on any atom is -0.384 e. The molecular formula is C12H12F3N3S. The molecule has 0 saturated heterocycles. The summed E-state index contributed by atoms with van der Waals surface area (Å²) in [6.45, 7) is 1.88. The summed E-state index contributed by atoms with van der Waals surface area (Å²) in [5, 5.41) is 4.02. The van der Waals surface area contributed by atoms with E-state index in [1.807, 2.05) is 6.92 Å². The fourth-order valence-electron chi connectivity index (χ4n) is 1.65. The zero-order valence-electron chi connectivity index (χ0n) is 10.1. The Labute approximate surface area is 112 Å². The lowest BCUT2D eigenvalue weighted by atomic mass is 10.2. The van der Waals surface area contributed by atoms with Crippen molar-refractivity contribution in [2.75, 3.05) is 11.5 Å². The number of aromatic nitrogens is 2. The van der Waals surface area contributed by atoms with E-state index in [2.05, 4.69) is 5.10 Å². The number of nitrogens with zero attached hydrogens (tertiary/aromatic N) is 2. The average molecular weight is 287 g/mol. The van der Waals surface area contributed by atoms with Crippen molar-refractivity contribution in [3.63, 3.8) is 0 Å². The number of rotatable bonds is 3. The second kappa shape index (κ2) is 5.16. The average Bonchev–Trinajstić information content (AvgIpc) is 2.74. The van der Waals surface area contributed by atoms with Crippen LogP contribution in [0.4, 0.5) is 19.0 Å². The van der Waals surface area contributed by atoms with Crippen LogP contribution in [-0.4, -0.2) is 15.5 Å². The molecule has 1 heterocycles. The highest BCUT2D eigenvalue weighted by molar-refractivity contribution is 7.99. The van der Waals surface area contributed by atoms with Gasteiger partial charge in [-0.25, -0.2) is 4.68 Å². The summed E-state index contributed by atoms with van der Waals surface area (Å²) >= 11 is 1.32. The smallest absolute Gasteiger partial charge is 0.384 e. The van der Waals surface area contributed by atoms with Crippen molar-refractivity contribution >= 4 is 17.6 Å². The van der Waals surface area contributed by atoms with E-state index in [0.29, 0.717) is 22.2 Å². The van der Waals surface area contributed by atoms with Gasteiger partial charge in [-0.3, -0.25) is 0 Å². The van der Waals surface area contributed by atoms with Crippen LogP contribution < -0.4 is 5.73 Å². The first-order chi connectivity index (χ1) is 8.93. The van der Waals surface area contributed by atoms with Gasteiger partial charge in [0.15, 0.2) is 0 Å². The number of anilines is 1. The first-order valence-corrected chi connectivity index (χ1v) is 6.56. The third-order valence-electron chi connectivity index (χ3n) is 2.49. The van der Waals surface area contributed by atoms with Crippen molar-refractivity contribution in [1.82, 2.24) is 9.78 Å². The monoisotopic (exact) mass is 287 g/mol. The Morgan fingerprint density at radius 3 is 2.58 bits per heavy atom. The number of thioether (sulfide) groups is 1. The van der Waals surface area contributed by atoms with E-state index in [-0.39, 0.29) is 0 Å². The Kier molecular flexibility index (Phi) is 3.75. The lowest BCUT2D eigenvalue weighted by Gasteiger charge is -2.13. The largest absolute Gasteiger partial charge is 0.416 e. The molecule has 102 valence electrons. The topological polar surface area (TPSA) is 43.8 Å². The van der Waals surface area contributed by atoms with Crippen molar-refractivity contribution in [2.45, 2.75) is 18.0 Å². The maximum absolute atomic E-state index is 12.7. The molecule has 0 bridgehead atoms. The highest BCUT2D eigenvalue weighted by Gasteiger charge is 2.31.